The maximum absolute atomic E-state index is 14.6. The van der Waals surface area contributed by atoms with Gasteiger partial charge in [-0.05, 0) is 31.9 Å². The third kappa shape index (κ3) is 2.42. The fraction of sp³-hybridized carbons (Fsp3) is 0.412. The maximum Gasteiger partial charge on any atom is 0.258 e. The lowest BCUT2D eigenvalue weighted by Gasteiger charge is -2.31. The van der Waals surface area contributed by atoms with E-state index in [1.165, 1.54) is 23.2 Å². The largest absolute Gasteiger partial charge is 0.496 e. The summed E-state index contributed by atoms with van der Waals surface area (Å²) >= 11 is 0. The molecule has 3 rings (SSSR count). The van der Waals surface area contributed by atoms with E-state index in [0.717, 1.165) is 12.8 Å². The van der Waals surface area contributed by atoms with Crippen molar-refractivity contribution in [2.45, 2.75) is 25.7 Å². The van der Waals surface area contributed by atoms with E-state index in [-0.39, 0.29) is 23.1 Å². The molecular formula is C17H17FN2O3. The number of carbonyl (C=O) groups is 2. The molecule has 23 heavy (non-hydrogen) atoms. The molecule has 2 aliphatic heterocycles. The number of ether oxygens (including phenoxy) is 1. The van der Waals surface area contributed by atoms with Gasteiger partial charge >= 0.3 is 0 Å². The Kier molecular flexibility index (Phi) is 3.95. The van der Waals surface area contributed by atoms with Crippen molar-refractivity contribution in [3.8, 4) is 17.6 Å². The SMILES string of the molecule is CC#Cc1cc(F)c(C2C(=O)N3CCCCN3C2=O)c(OC)c1. The molecule has 0 unspecified atom stereocenters. The predicted molar refractivity (Wildman–Crippen MR) is 80.9 cm³/mol. The average molecular weight is 316 g/mol. The molecule has 2 fully saturated rings. The molecule has 1 aromatic carbocycles. The van der Waals surface area contributed by atoms with Crippen molar-refractivity contribution in [3.05, 3.63) is 29.1 Å². The van der Waals surface area contributed by atoms with Crippen molar-refractivity contribution < 1.29 is 18.7 Å². The Hall–Kier alpha value is -2.55. The number of amides is 2. The van der Waals surface area contributed by atoms with Gasteiger partial charge in [0, 0.05) is 18.7 Å². The minimum atomic E-state index is -1.17. The highest BCUT2D eigenvalue weighted by molar-refractivity contribution is 6.10. The van der Waals surface area contributed by atoms with Gasteiger partial charge in [0.15, 0.2) is 5.92 Å². The van der Waals surface area contributed by atoms with Crippen molar-refractivity contribution in [1.29, 1.82) is 0 Å². The second-order valence-corrected chi connectivity index (χ2v) is 5.51. The molecule has 0 aliphatic carbocycles. The molecule has 2 amide bonds. The van der Waals surface area contributed by atoms with Crippen LogP contribution in [0.2, 0.25) is 0 Å². The number of halogens is 1. The molecule has 2 heterocycles. The van der Waals surface area contributed by atoms with Crippen molar-refractivity contribution in [2.75, 3.05) is 20.2 Å². The average Bonchev–Trinajstić information content (AvgIpc) is 2.80. The molecule has 1 aromatic rings. The minimum Gasteiger partial charge on any atom is -0.496 e. The van der Waals surface area contributed by atoms with Crippen LogP contribution in [0, 0.1) is 17.7 Å². The third-order valence-corrected chi connectivity index (χ3v) is 4.15. The maximum atomic E-state index is 14.6. The van der Waals surface area contributed by atoms with Gasteiger partial charge < -0.3 is 4.74 Å². The second kappa shape index (κ2) is 5.92. The number of hydrogen-bond acceptors (Lipinski definition) is 3. The molecule has 0 N–H and O–H groups in total. The lowest BCUT2D eigenvalue weighted by atomic mass is 9.95. The molecule has 0 radical (unpaired) electrons. The highest BCUT2D eigenvalue weighted by atomic mass is 19.1. The van der Waals surface area contributed by atoms with Crippen LogP contribution in [0.5, 0.6) is 5.75 Å². The van der Waals surface area contributed by atoms with Crippen LogP contribution in [0.1, 0.15) is 36.8 Å². The topological polar surface area (TPSA) is 49.9 Å². The number of benzene rings is 1. The van der Waals surface area contributed by atoms with Gasteiger partial charge in [-0.1, -0.05) is 5.92 Å². The van der Waals surface area contributed by atoms with Crippen LogP contribution in [-0.2, 0) is 9.59 Å². The van der Waals surface area contributed by atoms with E-state index in [9.17, 15) is 14.0 Å². The monoisotopic (exact) mass is 316 g/mol. The molecule has 0 spiro atoms. The van der Waals surface area contributed by atoms with Gasteiger partial charge in [-0.2, -0.15) is 0 Å². The molecule has 2 saturated heterocycles. The molecule has 120 valence electrons. The standard InChI is InChI=1S/C17H17FN2O3/c1-3-6-11-9-12(18)14(13(10-11)23-2)15-16(21)19-7-4-5-8-20(19)17(15)22/h9-10,15H,4-5,7-8H2,1-2H3. The van der Waals surface area contributed by atoms with Gasteiger partial charge in [0.05, 0.1) is 12.7 Å². The smallest absolute Gasteiger partial charge is 0.258 e. The van der Waals surface area contributed by atoms with Crippen LogP contribution in [-0.4, -0.2) is 42.0 Å². The molecule has 0 bridgehead atoms. The molecular weight excluding hydrogens is 299 g/mol. The number of carbonyl (C=O) groups excluding carboxylic acids is 2. The first-order valence-electron chi connectivity index (χ1n) is 7.51. The summed E-state index contributed by atoms with van der Waals surface area (Å²) < 4.78 is 19.8. The summed E-state index contributed by atoms with van der Waals surface area (Å²) in [6.07, 6.45) is 1.68. The van der Waals surface area contributed by atoms with Gasteiger partial charge in [-0.25, -0.2) is 4.39 Å². The molecule has 0 atom stereocenters. The summed E-state index contributed by atoms with van der Waals surface area (Å²) in [5.74, 6) is 3.02. The van der Waals surface area contributed by atoms with Gasteiger partial charge in [-0.3, -0.25) is 19.6 Å². The van der Waals surface area contributed by atoms with Crippen molar-refractivity contribution in [1.82, 2.24) is 10.0 Å². The van der Waals surface area contributed by atoms with E-state index in [1.807, 2.05) is 0 Å². The van der Waals surface area contributed by atoms with Gasteiger partial charge in [0.1, 0.15) is 11.6 Å². The summed E-state index contributed by atoms with van der Waals surface area (Å²) in [5.41, 5.74) is 0.445. The lowest BCUT2D eigenvalue weighted by Crippen LogP contribution is -2.45. The Morgan fingerprint density at radius 3 is 2.30 bits per heavy atom. The zero-order chi connectivity index (χ0) is 16.6. The zero-order valence-corrected chi connectivity index (χ0v) is 13.1. The van der Waals surface area contributed by atoms with E-state index < -0.39 is 11.7 Å². The van der Waals surface area contributed by atoms with E-state index >= 15 is 0 Å². The number of fused-ring (bicyclic) bond motifs is 1. The van der Waals surface area contributed by atoms with Crippen LogP contribution < -0.4 is 4.74 Å². The van der Waals surface area contributed by atoms with Crippen LogP contribution in [0.3, 0.4) is 0 Å². The third-order valence-electron chi connectivity index (χ3n) is 4.15. The molecule has 0 saturated carbocycles. The first kappa shape index (κ1) is 15.3. The Bertz CT molecular complexity index is 711. The van der Waals surface area contributed by atoms with Crippen LogP contribution in [0.15, 0.2) is 12.1 Å². The highest BCUT2D eigenvalue weighted by Gasteiger charge is 2.49. The Morgan fingerprint density at radius 2 is 1.78 bits per heavy atom. The molecule has 2 aliphatic rings. The van der Waals surface area contributed by atoms with Crippen LogP contribution in [0.25, 0.3) is 0 Å². The molecule has 0 aromatic heterocycles. The van der Waals surface area contributed by atoms with E-state index in [0.29, 0.717) is 18.7 Å². The van der Waals surface area contributed by atoms with E-state index in [2.05, 4.69) is 11.8 Å². The summed E-state index contributed by atoms with van der Waals surface area (Å²) in [6, 6.07) is 2.80. The Balaban J connectivity index is 2.08. The number of methoxy groups -OCH3 is 1. The van der Waals surface area contributed by atoms with Crippen LogP contribution in [0.4, 0.5) is 4.39 Å². The van der Waals surface area contributed by atoms with Gasteiger partial charge in [0.25, 0.3) is 11.8 Å². The summed E-state index contributed by atoms with van der Waals surface area (Å²) in [7, 11) is 1.39. The second-order valence-electron chi connectivity index (χ2n) is 5.51. The van der Waals surface area contributed by atoms with Crippen molar-refractivity contribution >= 4 is 11.8 Å². The van der Waals surface area contributed by atoms with E-state index in [4.69, 9.17) is 4.74 Å². The van der Waals surface area contributed by atoms with Gasteiger partial charge in [-0.15, -0.1) is 5.92 Å². The quantitative estimate of drug-likeness (QED) is 0.616. The Labute approximate surface area is 134 Å². The van der Waals surface area contributed by atoms with Crippen LogP contribution >= 0.6 is 0 Å². The number of hydrazine groups is 1. The number of nitrogens with zero attached hydrogens (tertiary/aromatic N) is 2. The Morgan fingerprint density at radius 1 is 1.17 bits per heavy atom. The number of hydrogen-bond donors (Lipinski definition) is 0. The summed E-state index contributed by atoms with van der Waals surface area (Å²) in [6.45, 7) is 2.63. The zero-order valence-electron chi connectivity index (χ0n) is 13.1. The predicted octanol–water partition coefficient (Wildman–Crippen LogP) is 1.67. The number of rotatable bonds is 2. The van der Waals surface area contributed by atoms with Crippen molar-refractivity contribution in [3.63, 3.8) is 0 Å². The first-order chi connectivity index (χ1) is 11.1. The summed E-state index contributed by atoms with van der Waals surface area (Å²) in [4.78, 5) is 25.2. The van der Waals surface area contributed by atoms with Gasteiger partial charge in [0.2, 0.25) is 0 Å². The highest BCUT2D eigenvalue weighted by Crippen LogP contribution is 2.38. The fourth-order valence-corrected chi connectivity index (χ4v) is 3.13. The lowest BCUT2D eigenvalue weighted by molar-refractivity contribution is -0.150. The van der Waals surface area contributed by atoms with Crippen molar-refractivity contribution in [2.24, 2.45) is 0 Å². The minimum absolute atomic E-state index is 0.00134. The normalized spacial score (nSPS) is 17.9. The molecule has 6 heteroatoms. The summed E-state index contributed by atoms with van der Waals surface area (Å²) in [5, 5.41) is 2.85. The van der Waals surface area contributed by atoms with E-state index in [1.54, 1.807) is 13.0 Å². The first-order valence-corrected chi connectivity index (χ1v) is 7.51. The molecule has 5 nitrogen and oxygen atoms in total. The fourth-order valence-electron chi connectivity index (χ4n) is 3.13.